The van der Waals surface area contributed by atoms with Crippen LogP contribution < -0.4 is 16.0 Å². The first-order chi connectivity index (χ1) is 14.2. The quantitative estimate of drug-likeness (QED) is 0.586. The Hall–Kier alpha value is -2.77. The van der Waals surface area contributed by atoms with E-state index in [4.69, 9.17) is 17.0 Å². The third-order valence-electron chi connectivity index (χ3n) is 4.62. The largest absolute Gasteiger partial charge is 0.497 e. The van der Waals surface area contributed by atoms with Gasteiger partial charge in [0.25, 0.3) is 0 Å². The average molecular weight is 423 g/mol. The SMILES string of the molecule is COC1=CC=C(CNC(=S)Nc2cccc(C3Nc4ccncc4S3)c2)CC=C1. The molecule has 0 amide bonds. The van der Waals surface area contributed by atoms with Crippen molar-refractivity contribution >= 4 is 40.5 Å². The molecule has 148 valence electrons. The molecule has 29 heavy (non-hydrogen) atoms. The molecule has 1 atom stereocenters. The van der Waals surface area contributed by atoms with Gasteiger partial charge in [0.1, 0.15) is 11.1 Å². The van der Waals surface area contributed by atoms with Crippen LogP contribution in [0.4, 0.5) is 11.4 Å². The highest BCUT2D eigenvalue weighted by Gasteiger charge is 2.22. The van der Waals surface area contributed by atoms with Crippen LogP contribution in [0, 0.1) is 0 Å². The van der Waals surface area contributed by atoms with Crippen molar-refractivity contribution in [3.8, 4) is 0 Å². The Kier molecular flexibility index (Phi) is 6.17. The molecule has 0 saturated carbocycles. The van der Waals surface area contributed by atoms with E-state index in [0.29, 0.717) is 11.7 Å². The molecule has 0 bridgehead atoms. The van der Waals surface area contributed by atoms with Gasteiger partial charge in [-0.15, -0.1) is 0 Å². The summed E-state index contributed by atoms with van der Waals surface area (Å²) >= 11 is 7.25. The van der Waals surface area contributed by atoms with Gasteiger partial charge in [0.15, 0.2) is 5.11 Å². The Labute approximate surface area is 180 Å². The third-order valence-corrected chi connectivity index (χ3v) is 6.07. The lowest BCUT2D eigenvalue weighted by atomic mass is 10.2. The van der Waals surface area contributed by atoms with Crippen LogP contribution in [0.1, 0.15) is 17.4 Å². The summed E-state index contributed by atoms with van der Waals surface area (Å²) in [5.41, 5.74) is 4.52. The molecule has 4 rings (SSSR count). The zero-order valence-corrected chi connectivity index (χ0v) is 17.6. The van der Waals surface area contributed by atoms with Gasteiger partial charge < -0.3 is 20.7 Å². The highest BCUT2D eigenvalue weighted by Crippen LogP contribution is 2.46. The number of fused-ring (bicyclic) bond motifs is 1. The third kappa shape index (κ3) is 4.99. The summed E-state index contributed by atoms with van der Waals surface area (Å²) in [6.45, 7) is 0.686. The Bertz CT molecular complexity index is 975. The fourth-order valence-electron chi connectivity index (χ4n) is 3.11. The number of hydrogen-bond donors (Lipinski definition) is 3. The second-order valence-electron chi connectivity index (χ2n) is 6.65. The van der Waals surface area contributed by atoms with Crippen molar-refractivity contribution in [2.45, 2.75) is 16.7 Å². The molecule has 1 aromatic carbocycles. The van der Waals surface area contributed by atoms with Crippen LogP contribution in [0.25, 0.3) is 0 Å². The lowest BCUT2D eigenvalue weighted by molar-refractivity contribution is 0.307. The van der Waals surface area contributed by atoms with Gasteiger partial charge in [0, 0.05) is 24.6 Å². The number of rotatable bonds is 5. The van der Waals surface area contributed by atoms with E-state index in [-0.39, 0.29) is 5.37 Å². The highest BCUT2D eigenvalue weighted by molar-refractivity contribution is 8.00. The van der Waals surface area contributed by atoms with Crippen molar-refractivity contribution in [3.63, 3.8) is 0 Å². The van der Waals surface area contributed by atoms with Crippen LogP contribution in [0.2, 0.25) is 0 Å². The van der Waals surface area contributed by atoms with Crippen molar-refractivity contribution in [1.29, 1.82) is 0 Å². The smallest absolute Gasteiger partial charge is 0.171 e. The minimum atomic E-state index is 0.169. The predicted molar refractivity (Wildman–Crippen MR) is 124 cm³/mol. The number of nitrogens with zero attached hydrogens (tertiary/aromatic N) is 1. The van der Waals surface area contributed by atoms with E-state index in [9.17, 15) is 0 Å². The molecule has 1 aliphatic carbocycles. The van der Waals surface area contributed by atoms with Crippen molar-refractivity contribution in [2.75, 3.05) is 24.3 Å². The number of anilines is 2. The lowest BCUT2D eigenvalue weighted by Crippen LogP contribution is -2.30. The zero-order chi connectivity index (χ0) is 20.1. The molecular formula is C22H22N4OS2. The first kappa shape index (κ1) is 19.5. The molecular weight excluding hydrogens is 400 g/mol. The first-order valence-electron chi connectivity index (χ1n) is 9.33. The standard InChI is InChI=1S/C22H22N4OS2/c1-27-18-7-2-4-15(8-9-18)13-24-22(28)25-17-6-3-5-16(12-17)21-26-19-10-11-23-14-20(19)29-21/h2-3,5-12,14,21,26H,4,13H2,1H3,(H2,24,25,28). The number of nitrogens with one attached hydrogen (secondary N) is 3. The van der Waals surface area contributed by atoms with Crippen molar-refractivity contribution in [3.05, 3.63) is 83.9 Å². The van der Waals surface area contributed by atoms with Crippen molar-refractivity contribution in [1.82, 2.24) is 10.3 Å². The maximum Gasteiger partial charge on any atom is 0.171 e. The summed E-state index contributed by atoms with van der Waals surface area (Å²) < 4.78 is 5.26. The number of methoxy groups -OCH3 is 1. The normalized spacial score (nSPS) is 17.3. The average Bonchev–Trinajstić information content (AvgIpc) is 3.04. The molecule has 2 aromatic rings. The molecule has 1 unspecified atom stereocenters. The lowest BCUT2D eigenvalue weighted by Gasteiger charge is -2.15. The van der Waals surface area contributed by atoms with Gasteiger partial charge in [-0.2, -0.15) is 0 Å². The van der Waals surface area contributed by atoms with Crippen LogP contribution in [0.5, 0.6) is 0 Å². The second kappa shape index (κ2) is 9.15. The summed E-state index contributed by atoms with van der Waals surface area (Å²) in [4.78, 5) is 5.37. The van der Waals surface area contributed by atoms with Crippen LogP contribution in [-0.2, 0) is 4.74 Å². The van der Waals surface area contributed by atoms with Crippen LogP contribution in [0.15, 0.2) is 83.3 Å². The first-order valence-corrected chi connectivity index (χ1v) is 10.6. The van der Waals surface area contributed by atoms with Crippen molar-refractivity contribution < 1.29 is 4.74 Å². The van der Waals surface area contributed by atoms with E-state index < -0.39 is 0 Å². The van der Waals surface area contributed by atoms with Gasteiger partial charge in [-0.25, -0.2) is 0 Å². The monoisotopic (exact) mass is 422 g/mol. The second-order valence-corrected chi connectivity index (χ2v) is 8.21. The number of hydrogen-bond acceptors (Lipinski definition) is 5. The molecule has 2 heterocycles. The number of thioether (sulfide) groups is 1. The number of aromatic nitrogens is 1. The molecule has 0 radical (unpaired) electrons. The molecule has 2 aliphatic rings. The van der Waals surface area contributed by atoms with E-state index in [0.717, 1.165) is 23.6 Å². The maximum absolute atomic E-state index is 5.48. The van der Waals surface area contributed by atoms with Gasteiger partial charge in [-0.1, -0.05) is 36.0 Å². The van der Waals surface area contributed by atoms with Crippen molar-refractivity contribution in [2.24, 2.45) is 0 Å². The number of thiocarbonyl (C=S) groups is 1. The van der Waals surface area contributed by atoms with Crippen LogP contribution >= 0.6 is 24.0 Å². The Balaban J connectivity index is 1.34. The number of allylic oxidation sites excluding steroid dienone is 4. The molecule has 0 fully saturated rings. The van der Waals surface area contributed by atoms with E-state index in [1.165, 1.54) is 16.0 Å². The summed E-state index contributed by atoms with van der Waals surface area (Å²) in [6.07, 6.45) is 12.7. The summed E-state index contributed by atoms with van der Waals surface area (Å²) in [5, 5.41) is 10.9. The minimum absolute atomic E-state index is 0.169. The van der Waals surface area contributed by atoms with E-state index >= 15 is 0 Å². The van der Waals surface area contributed by atoms with Gasteiger partial charge in [-0.3, -0.25) is 4.98 Å². The van der Waals surface area contributed by atoms with E-state index in [1.807, 2.05) is 42.7 Å². The fourth-order valence-corrected chi connectivity index (χ4v) is 4.40. The molecule has 0 saturated heterocycles. The summed E-state index contributed by atoms with van der Waals surface area (Å²) in [6, 6.07) is 10.3. The van der Waals surface area contributed by atoms with Gasteiger partial charge in [-0.05, 0) is 60.1 Å². The summed E-state index contributed by atoms with van der Waals surface area (Å²) in [7, 11) is 1.68. The minimum Gasteiger partial charge on any atom is -0.497 e. The maximum atomic E-state index is 5.48. The Morgan fingerprint density at radius 2 is 2.28 bits per heavy atom. The number of pyridine rings is 1. The molecule has 7 heteroatoms. The van der Waals surface area contributed by atoms with Crippen LogP contribution in [-0.4, -0.2) is 23.8 Å². The van der Waals surface area contributed by atoms with E-state index in [2.05, 4.69) is 45.2 Å². The van der Waals surface area contributed by atoms with Gasteiger partial charge in [0.05, 0.1) is 17.7 Å². The zero-order valence-electron chi connectivity index (χ0n) is 16.0. The molecule has 0 spiro atoms. The molecule has 1 aliphatic heterocycles. The fraction of sp³-hybridized carbons (Fsp3) is 0.182. The molecule has 5 nitrogen and oxygen atoms in total. The Morgan fingerprint density at radius 3 is 3.14 bits per heavy atom. The number of benzene rings is 1. The summed E-state index contributed by atoms with van der Waals surface area (Å²) in [5.74, 6) is 0.855. The van der Waals surface area contributed by atoms with Crippen LogP contribution in [0.3, 0.4) is 0 Å². The van der Waals surface area contributed by atoms with Gasteiger partial charge >= 0.3 is 0 Å². The molecule has 3 N–H and O–H groups in total. The predicted octanol–water partition coefficient (Wildman–Crippen LogP) is 5.00. The van der Waals surface area contributed by atoms with E-state index in [1.54, 1.807) is 18.9 Å². The number of ether oxygens (including phenoxy) is 1. The highest BCUT2D eigenvalue weighted by atomic mass is 32.2. The topological polar surface area (TPSA) is 58.2 Å². The Morgan fingerprint density at radius 1 is 1.34 bits per heavy atom. The van der Waals surface area contributed by atoms with Gasteiger partial charge in [0.2, 0.25) is 0 Å². The molecule has 1 aromatic heterocycles.